The van der Waals surface area contributed by atoms with Gasteiger partial charge in [0.05, 0.1) is 7.11 Å². The Morgan fingerprint density at radius 1 is 0.844 bits per heavy atom. The Morgan fingerprint density at radius 2 is 1.41 bits per heavy atom. The minimum absolute atomic E-state index is 0.371. The number of nitrogens with one attached hydrogen (secondary N) is 1. The van der Waals surface area contributed by atoms with Crippen molar-refractivity contribution in [3.05, 3.63) is 29.8 Å². The van der Waals surface area contributed by atoms with Crippen LogP contribution in [0.4, 0.5) is 4.79 Å². The van der Waals surface area contributed by atoms with E-state index < -0.39 is 24.2 Å². The van der Waals surface area contributed by atoms with E-state index in [1.807, 2.05) is 31.2 Å². The third kappa shape index (κ3) is 12.0. The van der Waals surface area contributed by atoms with Crippen LogP contribution >= 0.6 is 0 Å². The van der Waals surface area contributed by atoms with Gasteiger partial charge in [-0.3, -0.25) is 0 Å². The lowest BCUT2D eigenvalue weighted by Crippen LogP contribution is -2.41. The summed E-state index contributed by atoms with van der Waals surface area (Å²) in [6, 6.07) is 6.56. The molecule has 6 heteroatoms. The first-order valence-corrected chi connectivity index (χ1v) is 12.4. The molecule has 2 N–H and O–H groups in total. The summed E-state index contributed by atoms with van der Waals surface area (Å²) in [6.45, 7) is 4.12. The quantitative estimate of drug-likeness (QED) is 0.235. The van der Waals surface area contributed by atoms with Gasteiger partial charge >= 0.3 is 12.1 Å². The van der Waals surface area contributed by atoms with E-state index in [9.17, 15) is 14.7 Å². The summed E-state index contributed by atoms with van der Waals surface area (Å²) < 4.78 is 10.9. The third-order valence-corrected chi connectivity index (χ3v) is 5.72. The zero-order valence-corrected chi connectivity index (χ0v) is 20.2. The predicted molar refractivity (Wildman–Crippen MR) is 128 cm³/mol. The van der Waals surface area contributed by atoms with Gasteiger partial charge in [-0.15, -0.1) is 0 Å². The molecule has 0 aliphatic rings. The smallest absolute Gasteiger partial charge is 0.408 e. The SMILES string of the molecule is CCCCCCCCCCCCC(OC(=O)NC(CCC)C(=O)O)c1ccc(OC)cc1. The van der Waals surface area contributed by atoms with Crippen LogP contribution in [0.1, 0.15) is 109 Å². The van der Waals surface area contributed by atoms with Crippen molar-refractivity contribution in [2.75, 3.05) is 7.11 Å². The molecule has 0 saturated heterocycles. The van der Waals surface area contributed by atoms with E-state index in [-0.39, 0.29) is 0 Å². The number of hydrogen-bond donors (Lipinski definition) is 2. The van der Waals surface area contributed by atoms with Crippen LogP contribution in [0.15, 0.2) is 24.3 Å². The monoisotopic (exact) mass is 449 g/mol. The van der Waals surface area contributed by atoms with Crippen molar-refractivity contribution >= 4 is 12.1 Å². The Labute approximate surface area is 194 Å². The van der Waals surface area contributed by atoms with Crippen LogP contribution in [-0.2, 0) is 9.53 Å². The first kappa shape index (κ1) is 27.8. The highest BCUT2D eigenvalue weighted by Gasteiger charge is 2.23. The Bertz CT molecular complexity index is 632. The molecule has 0 aliphatic heterocycles. The number of ether oxygens (including phenoxy) is 2. The van der Waals surface area contributed by atoms with E-state index in [0.29, 0.717) is 19.3 Å². The molecule has 0 saturated carbocycles. The summed E-state index contributed by atoms with van der Waals surface area (Å²) in [5, 5.41) is 11.8. The van der Waals surface area contributed by atoms with Gasteiger partial charge in [-0.2, -0.15) is 0 Å². The fourth-order valence-electron chi connectivity index (χ4n) is 3.78. The lowest BCUT2D eigenvalue weighted by atomic mass is 10.0. The standard InChI is InChI=1S/C26H43NO5/c1-4-6-7-8-9-10-11-12-13-14-16-24(21-17-19-22(31-3)20-18-21)32-26(30)27-23(15-5-2)25(28)29/h17-20,23-24H,4-16H2,1-3H3,(H,27,30)(H,28,29). The van der Waals surface area contributed by atoms with Crippen molar-refractivity contribution in [1.29, 1.82) is 0 Å². The summed E-state index contributed by atoms with van der Waals surface area (Å²) in [4.78, 5) is 23.7. The Kier molecular flexibility index (Phi) is 15.1. The van der Waals surface area contributed by atoms with Crippen molar-refractivity contribution in [3.63, 3.8) is 0 Å². The number of carboxylic acids is 1. The number of carbonyl (C=O) groups excluding carboxylic acids is 1. The summed E-state index contributed by atoms with van der Waals surface area (Å²) in [5.74, 6) is -0.302. The Morgan fingerprint density at radius 3 is 1.91 bits per heavy atom. The van der Waals surface area contributed by atoms with Gasteiger partial charge < -0.3 is 19.9 Å². The minimum Gasteiger partial charge on any atom is -0.497 e. The second-order valence-electron chi connectivity index (χ2n) is 8.46. The van der Waals surface area contributed by atoms with E-state index in [0.717, 1.165) is 24.2 Å². The molecule has 0 aliphatic carbocycles. The fourth-order valence-corrected chi connectivity index (χ4v) is 3.78. The molecule has 32 heavy (non-hydrogen) atoms. The molecule has 0 bridgehead atoms. The molecule has 6 nitrogen and oxygen atoms in total. The molecule has 0 spiro atoms. The highest BCUT2D eigenvalue weighted by molar-refractivity contribution is 5.79. The minimum atomic E-state index is -1.04. The number of amides is 1. The number of methoxy groups -OCH3 is 1. The first-order valence-electron chi connectivity index (χ1n) is 12.4. The van der Waals surface area contributed by atoms with Gasteiger partial charge in [0.15, 0.2) is 0 Å². The number of hydrogen-bond acceptors (Lipinski definition) is 4. The van der Waals surface area contributed by atoms with Crippen LogP contribution in [-0.4, -0.2) is 30.3 Å². The number of alkyl carbamates (subject to hydrolysis) is 1. The highest BCUT2D eigenvalue weighted by Crippen LogP contribution is 2.26. The van der Waals surface area contributed by atoms with E-state index in [4.69, 9.17) is 9.47 Å². The summed E-state index contributed by atoms with van der Waals surface area (Å²) in [6.07, 6.45) is 13.1. The molecule has 0 heterocycles. The molecule has 1 aromatic carbocycles. The van der Waals surface area contributed by atoms with Crippen LogP contribution in [0.2, 0.25) is 0 Å². The van der Waals surface area contributed by atoms with Crippen molar-refractivity contribution in [2.45, 2.75) is 109 Å². The van der Waals surface area contributed by atoms with Gasteiger partial charge in [0.1, 0.15) is 17.9 Å². The maximum atomic E-state index is 12.4. The third-order valence-electron chi connectivity index (χ3n) is 5.72. The molecule has 1 rings (SSSR count). The van der Waals surface area contributed by atoms with Gasteiger partial charge in [-0.1, -0.05) is 90.2 Å². The average molecular weight is 450 g/mol. The summed E-state index contributed by atoms with van der Waals surface area (Å²) >= 11 is 0. The maximum Gasteiger partial charge on any atom is 0.408 e. The second kappa shape index (κ2) is 17.3. The molecule has 1 amide bonds. The van der Waals surface area contributed by atoms with E-state index in [1.54, 1.807) is 7.11 Å². The average Bonchev–Trinajstić information content (AvgIpc) is 2.79. The lowest BCUT2D eigenvalue weighted by Gasteiger charge is -2.21. The topological polar surface area (TPSA) is 84.9 Å². The molecule has 182 valence electrons. The van der Waals surface area contributed by atoms with Gasteiger partial charge in [-0.25, -0.2) is 9.59 Å². The normalized spacial score (nSPS) is 12.7. The molecule has 0 fully saturated rings. The van der Waals surface area contributed by atoms with Gasteiger partial charge in [-0.05, 0) is 37.0 Å². The number of unbranched alkanes of at least 4 members (excludes halogenated alkanes) is 9. The summed E-state index contributed by atoms with van der Waals surface area (Å²) in [5.41, 5.74) is 0.888. The molecule has 2 atom stereocenters. The number of carboxylic acid groups (broad SMARTS) is 1. The van der Waals surface area contributed by atoms with Crippen molar-refractivity contribution in [2.24, 2.45) is 0 Å². The second-order valence-corrected chi connectivity index (χ2v) is 8.46. The van der Waals surface area contributed by atoms with Gasteiger partial charge in [0, 0.05) is 0 Å². The molecule has 0 radical (unpaired) electrons. The number of rotatable bonds is 18. The number of carbonyl (C=O) groups is 2. The molecule has 1 aromatic rings. The van der Waals surface area contributed by atoms with Gasteiger partial charge in [0.25, 0.3) is 0 Å². The van der Waals surface area contributed by atoms with E-state index in [2.05, 4.69) is 12.2 Å². The van der Waals surface area contributed by atoms with Crippen molar-refractivity contribution in [3.8, 4) is 5.75 Å². The van der Waals surface area contributed by atoms with Crippen LogP contribution < -0.4 is 10.1 Å². The van der Waals surface area contributed by atoms with E-state index >= 15 is 0 Å². The zero-order chi connectivity index (χ0) is 23.6. The van der Waals surface area contributed by atoms with Crippen LogP contribution in [0, 0.1) is 0 Å². The molecular weight excluding hydrogens is 406 g/mol. The first-order chi connectivity index (χ1) is 15.5. The highest BCUT2D eigenvalue weighted by atomic mass is 16.6. The summed E-state index contributed by atoms with van der Waals surface area (Å²) in [7, 11) is 1.61. The van der Waals surface area contributed by atoms with Crippen molar-refractivity contribution in [1.82, 2.24) is 5.32 Å². The van der Waals surface area contributed by atoms with Crippen LogP contribution in [0.5, 0.6) is 5.75 Å². The fraction of sp³-hybridized carbons (Fsp3) is 0.692. The number of benzene rings is 1. The van der Waals surface area contributed by atoms with E-state index in [1.165, 1.54) is 51.4 Å². The van der Waals surface area contributed by atoms with Crippen LogP contribution in [0.25, 0.3) is 0 Å². The maximum absolute atomic E-state index is 12.4. The lowest BCUT2D eigenvalue weighted by molar-refractivity contribution is -0.139. The number of aliphatic carboxylic acids is 1. The van der Waals surface area contributed by atoms with Crippen molar-refractivity contribution < 1.29 is 24.2 Å². The van der Waals surface area contributed by atoms with Gasteiger partial charge in [0.2, 0.25) is 0 Å². The Balaban J connectivity index is 2.52. The molecule has 0 aromatic heterocycles. The predicted octanol–water partition coefficient (Wildman–Crippen LogP) is 7.03. The van der Waals surface area contributed by atoms with Crippen LogP contribution in [0.3, 0.4) is 0 Å². The Hall–Kier alpha value is -2.24. The largest absolute Gasteiger partial charge is 0.497 e. The molecular formula is C26H43NO5. The molecule has 2 unspecified atom stereocenters. The zero-order valence-electron chi connectivity index (χ0n) is 20.2.